The molecule has 0 bridgehead atoms. The third kappa shape index (κ3) is 2.77. The lowest BCUT2D eigenvalue weighted by Crippen LogP contribution is -2.07. The summed E-state index contributed by atoms with van der Waals surface area (Å²) in [6.07, 6.45) is 7.67. The van der Waals surface area contributed by atoms with Crippen LogP contribution >= 0.6 is 11.8 Å². The van der Waals surface area contributed by atoms with Crippen molar-refractivity contribution < 1.29 is 9.47 Å². The van der Waals surface area contributed by atoms with E-state index in [4.69, 9.17) is 29.5 Å². The molecule has 2 aromatic heterocycles. The lowest BCUT2D eigenvalue weighted by Gasteiger charge is -2.10. The third-order valence-electron chi connectivity index (χ3n) is 3.85. The fourth-order valence-electron chi connectivity index (χ4n) is 2.65. The quantitative estimate of drug-likeness (QED) is 0.572. The van der Waals surface area contributed by atoms with Crippen molar-refractivity contribution in [3.8, 4) is 23.8 Å². The first-order valence-corrected chi connectivity index (χ1v) is 8.40. The molecule has 0 unspecified atom stereocenters. The van der Waals surface area contributed by atoms with Crippen molar-refractivity contribution in [3.63, 3.8) is 0 Å². The number of nitrogens with two attached hydrogens (primary N) is 1. The molecule has 0 aliphatic carbocycles. The number of benzene rings is 1. The van der Waals surface area contributed by atoms with Crippen molar-refractivity contribution in [2.45, 2.75) is 23.0 Å². The molecule has 0 saturated carbocycles. The number of hydrogen-bond donors (Lipinski definition) is 1. The van der Waals surface area contributed by atoms with E-state index in [0.29, 0.717) is 41.3 Å². The summed E-state index contributed by atoms with van der Waals surface area (Å²) >= 11 is 1.43. The Labute approximate surface area is 150 Å². The largest absolute Gasteiger partial charge is 0.454 e. The van der Waals surface area contributed by atoms with Gasteiger partial charge < -0.3 is 19.8 Å². The van der Waals surface area contributed by atoms with Crippen LogP contribution in [-0.4, -0.2) is 29.2 Å². The maximum atomic E-state index is 6.15. The molecule has 8 heteroatoms. The van der Waals surface area contributed by atoms with E-state index >= 15 is 0 Å². The first-order chi connectivity index (χ1) is 12.2. The lowest BCUT2D eigenvalue weighted by molar-refractivity contribution is 0.174. The van der Waals surface area contributed by atoms with Crippen molar-refractivity contribution in [1.29, 1.82) is 0 Å². The highest BCUT2D eigenvalue weighted by atomic mass is 32.2. The Morgan fingerprint density at radius 3 is 2.96 bits per heavy atom. The van der Waals surface area contributed by atoms with Crippen LogP contribution in [0.5, 0.6) is 11.5 Å². The van der Waals surface area contributed by atoms with Gasteiger partial charge in [0.05, 0.1) is 5.52 Å². The molecule has 2 N–H and O–H groups in total. The summed E-state index contributed by atoms with van der Waals surface area (Å²) in [4.78, 5) is 9.57. The maximum Gasteiger partial charge on any atom is 0.231 e. The molecule has 1 aliphatic heterocycles. The molecule has 0 fully saturated rings. The van der Waals surface area contributed by atoms with Crippen molar-refractivity contribution >= 4 is 41.9 Å². The first-order valence-electron chi connectivity index (χ1n) is 7.58. The Kier molecular flexibility index (Phi) is 3.94. The molecule has 0 saturated heterocycles. The Morgan fingerprint density at radius 1 is 1.36 bits per heavy atom. The van der Waals surface area contributed by atoms with Crippen LogP contribution in [0.2, 0.25) is 0 Å². The van der Waals surface area contributed by atoms with Gasteiger partial charge in [0.15, 0.2) is 22.5 Å². The van der Waals surface area contributed by atoms with Crippen LogP contribution in [0.4, 0.5) is 5.82 Å². The molecular formula is C17H13BN4O2S. The van der Waals surface area contributed by atoms with Crippen LogP contribution in [0.3, 0.4) is 0 Å². The summed E-state index contributed by atoms with van der Waals surface area (Å²) in [6, 6.07) is 5.49. The maximum absolute atomic E-state index is 6.15. The van der Waals surface area contributed by atoms with E-state index < -0.39 is 0 Å². The van der Waals surface area contributed by atoms with E-state index in [1.807, 2.05) is 16.7 Å². The van der Waals surface area contributed by atoms with Crippen molar-refractivity contribution in [2.24, 2.45) is 0 Å². The number of aryl methyl sites for hydroxylation is 1. The topological polar surface area (TPSA) is 75.2 Å². The predicted molar refractivity (Wildman–Crippen MR) is 97.5 cm³/mol. The van der Waals surface area contributed by atoms with Gasteiger partial charge in [-0.3, -0.25) is 0 Å². The first kappa shape index (κ1) is 15.7. The van der Waals surface area contributed by atoms with Gasteiger partial charge >= 0.3 is 0 Å². The summed E-state index contributed by atoms with van der Waals surface area (Å²) in [5, 5.41) is 0.746. The zero-order valence-corrected chi connectivity index (χ0v) is 14.0. The predicted octanol–water partition coefficient (Wildman–Crippen LogP) is 1.71. The molecular weight excluding hydrogens is 335 g/mol. The van der Waals surface area contributed by atoms with E-state index in [-0.39, 0.29) is 6.79 Å². The number of ether oxygens (including phenoxy) is 2. The second kappa shape index (κ2) is 6.26. The van der Waals surface area contributed by atoms with Crippen molar-refractivity contribution in [2.75, 3.05) is 12.5 Å². The Bertz CT molecular complexity index is 1010. The monoisotopic (exact) mass is 348 g/mol. The fourth-order valence-corrected chi connectivity index (χ4v) is 3.62. The number of pyridine rings is 1. The highest BCUT2D eigenvalue weighted by Crippen LogP contribution is 2.37. The van der Waals surface area contributed by atoms with Crippen LogP contribution in [0.1, 0.15) is 6.42 Å². The second-order valence-electron chi connectivity index (χ2n) is 5.41. The highest BCUT2D eigenvalue weighted by Gasteiger charge is 2.19. The summed E-state index contributed by atoms with van der Waals surface area (Å²) < 4.78 is 12.8. The number of fused-ring (bicyclic) bond motifs is 2. The van der Waals surface area contributed by atoms with Gasteiger partial charge in [0, 0.05) is 24.1 Å². The van der Waals surface area contributed by atoms with E-state index in [1.165, 1.54) is 11.8 Å². The number of aromatic nitrogens is 3. The molecule has 6 nitrogen and oxygen atoms in total. The summed E-state index contributed by atoms with van der Waals surface area (Å²) in [5.41, 5.74) is 8.11. The van der Waals surface area contributed by atoms with Crippen LogP contribution in [0, 0.1) is 12.3 Å². The number of hydrogen-bond acceptors (Lipinski definition) is 6. The molecule has 1 aliphatic rings. The number of nitrogens with zero attached hydrogens (tertiary/aromatic N) is 3. The minimum atomic E-state index is 0.200. The number of nitrogen functional groups attached to an aromatic ring is 1. The summed E-state index contributed by atoms with van der Waals surface area (Å²) in [7, 11) is 6.15. The number of anilines is 1. The standard InChI is InChI=1S/C17H13BN4O2S/c1-2-3-6-22-11-4-5-20-16(19)15(11)21-17(22)25-14-8-13-12(7-10(14)18)23-9-24-13/h1,4-5,7-8H,3,6,9H2,(H2,19,20). The molecule has 1 aromatic carbocycles. The fraction of sp³-hybridized carbons (Fsp3) is 0.176. The molecule has 2 radical (unpaired) electrons. The van der Waals surface area contributed by atoms with Gasteiger partial charge in [-0.15, -0.1) is 12.3 Å². The van der Waals surface area contributed by atoms with E-state index in [9.17, 15) is 0 Å². The molecule has 3 heterocycles. The third-order valence-corrected chi connectivity index (χ3v) is 4.91. The van der Waals surface area contributed by atoms with Gasteiger partial charge in [0.25, 0.3) is 0 Å². The zero-order valence-electron chi connectivity index (χ0n) is 13.2. The van der Waals surface area contributed by atoms with Gasteiger partial charge in [-0.25, -0.2) is 9.97 Å². The molecule has 122 valence electrons. The average Bonchev–Trinajstić information content (AvgIpc) is 3.18. The van der Waals surface area contributed by atoms with Crippen molar-refractivity contribution in [1.82, 2.24) is 14.5 Å². The van der Waals surface area contributed by atoms with Gasteiger partial charge in [-0.05, 0) is 18.2 Å². The molecule has 3 aromatic rings. The van der Waals surface area contributed by atoms with Gasteiger partial charge in [-0.1, -0.05) is 17.2 Å². The molecule has 0 amide bonds. The molecule has 0 atom stereocenters. The molecule has 0 spiro atoms. The normalized spacial score (nSPS) is 12.4. The number of imidazole rings is 1. The molecule has 25 heavy (non-hydrogen) atoms. The second-order valence-corrected chi connectivity index (χ2v) is 6.42. The van der Waals surface area contributed by atoms with E-state index in [2.05, 4.69) is 15.9 Å². The highest BCUT2D eigenvalue weighted by molar-refractivity contribution is 7.99. The van der Waals surface area contributed by atoms with Gasteiger partial charge in [0.1, 0.15) is 13.4 Å². The average molecular weight is 348 g/mol. The minimum absolute atomic E-state index is 0.200. The molecule has 4 rings (SSSR count). The van der Waals surface area contributed by atoms with Crippen LogP contribution in [-0.2, 0) is 6.54 Å². The van der Waals surface area contributed by atoms with Gasteiger partial charge in [0.2, 0.25) is 6.79 Å². The lowest BCUT2D eigenvalue weighted by atomic mass is 9.96. The summed E-state index contributed by atoms with van der Waals surface area (Å²) in [6.45, 7) is 0.828. The van der Waals surface area contributed by atoms with E-state index in [0.717, 1.165) is 15.6 Å². The smallest absolute Gasteiger partial charge is 0.231 e. The van der Waals surface area contributed by atoms with Crippen LogP contribution in [0.15, 0.2) is 34.4 Å². The Balaban J connectivity index is 1.79. The zero-order chi connectivity index (χ0) is 17.4. The summed E-state index contributed by atoms with van der Waals surface area (Å²) in [5.74, 6) is 4.36. The van der Waals surface area contributed by atoms with E-state index in [1.54, 1.807) is 12.3 Å². The Morgan fingerprint density at radius 2 is 2.16 bits per heavy atom. The van der Waals surface area contributed by atoms with Crippen molar-refractivity contribution in [3.05, 3.63) is 24.4 Å². The van der Waals surface area contributed by atoms with Crippen LogP contribution in [0.25, 0.3) is 11.0 Å². The minimum Gasteiger partial charge on any atom is -0.454 e. The van der Waals surface area contributed by atoms with Gasteiger partial charge in [-0.2, -0.15) is 0 Å². The SMILES string of the molecule is [B]c1cc2c(cc1Sc1nc3c(N)nccc3n1CCC#C)OCO2. The Hall–Kier alpha value is -2.79. The number of terminal acetylenes is 1. The number of rotatable bonds is 4. The van der Waals surface area contributed by atoms with Crippen LogP contribution < -0.4 is 20.7 Å².